The summed E-state index contributed by atoms with van der Waals surface area (Å²) in [5.74, 6) is -1.96. The second-order valence-electron chi connectivity index (χ2n) is 10.1. The maximum atomic E-state index is 13.7. The Morgan fingerprint density at radius 3 is 1.77 bits per heavy atom. The molecule has 234 valence electrons. The summed E-state index contributed by atoms with van der Waals surface area (Å²) >= 11 is 0. The Balaban J connectivity index is 1.58. The van der Waals surface area contributed by atoms with Crippen LogP contribution >= 0.6 is 0 Å². The largest absolute Gasteiger partial charge is 0.508 e. The normalized spacial score (nSPS) is 32.9. The predicted molar refractivity (Wildman–Crippen MR) is 140 cm³/mol. The fourth-order valence-corrected chi connectivity index (χ4v) is 4.82. The molecule has 10 atom stereocenters. The van der Waals surface area contributed by atoms with Gasteiger partial charge >= 0.3 is 0 Å². The average Bonchev–Trinajstić information content (AvgIpc) is 2.98. The lowest BCUT2D eigenvalue weighted by Crippen LogP contribution is -2.60. The lowest BCUT2D eigenvalue weighted by molar-refractivity contribution is -0.277. The maximum absolute atomic E-state index is 13.7. The van der Waals surface area contributed by atoms with Crippen LogP contribution in [0.25, 0.3) is 22.3 Å². The van der Waals surface area contributed by atoms with Crippen molar-refractivity contribution in [1.29, 1.82) is 0 Å². The molecular weight excluding hydrogens is 580 g/mol. The molecule has 16 nitrogen and oxygen atoms in total. The molecule has 0 bridgehead atoms. The van der Waals surface area contributed by atoms with Crippen LogP contribution in [-0.4, -0.2) is 126 Å². The smallest absolute Gasteiger partial charge is 0.239 e. The van der Waals surface area contributed by atoms with Crippen molar-refractivity contribution < 1.29 is 74.4 Å². The number of benzene rings is 2. The minimum Gasteiger partial charge on any atom is -0.508 e. The summed E-state index contributed by atoms with van der Waals surface area (Å²) in [7, 11) is 0. The van der Waals surface area contributed by atoms with Crippen LogP contribution in [0.15, 0.2) is 45.6 Å². The molecule has 5 unspecified atom stereocenters. The number of aliphatic hydroxyl groups excluding tert-OH is 8. The molecule has 43 heavy (non-hydrogen) atoms. The molecule has 3 aromatic rings. The predicted octanol–water partition coefficient (Wildman–Crippen LogP) is -2.77. The van der Waals surface area contributed by atoms with Gasteiger partial charge < -0.3 is 74.4 Å². The van der Waals surface area contributed by atoms with Gasteiger partial charge in [-0.2, -0.15) is 0 Å². The van der Waals surface area contributed by atoms with E-state index in [-0.39, 0.29) is 28.4 Å². The van der Waals surface area contributed by atoms with Gasteiger partial charge in [0.25, 0.3) is 0 Å². The molecule has 0 spiro atoms. The first-order valence-electron chi connectivity index (χ1n) is 13.0. The molecule has 1 aromatic heterocycles. The molecule has 2 aliphatic heterocycles. The maximum Gasteiger partial charge on any atom is 0.239 e. The molecule has 5 rings (SSSR count). The monoisotopic (exact) mass is 610 g/mol. The minimum atomic E-state index is -1.89. The molecule has 3 heterocycles. The van der Waals surface area contributed by atoms with Crippen LogP contribution in [0.3, 0.4) is 0 Å². The van der Waals surface area contributed by atoms with E-state index in [1.54, 1.807) is 0 Å². The van der Waals surface area contributed by atoms with Crippen LogP contribution in [0.5, 0.6) is 23.0 Å². The van der Waals surface area contributed by atoms with Crippen LogP contribution in [0.4, 0.5) is 0 Å². The van der Waals surface area contributed by atoms with Crippen molar-refractivity contribution in [2.75, 3.05) is 13.2 Å². The number of phenols is 2. The summed E-state index contributed by atoms with van der Waals surface area (Å²) in [5, 5.41) is 100. The molecule has 10 N–H and O–H groups in total. The fourth-order valence-electron chi connectivity index (χ4n) is 4.82. The van der Waals surface area contributed by atoms with Gasteiger partial charge in [-0.15, -0.1) is 0 Å². The zero-order chi connectivity index (χ0) is 31.2. The number of ether oxygens (including phenoxy) is 4. The highest BCUT2D eigenvalue weighted by Crippen LogP contribution is 2.38. The summed E-state index contributed by atoms with van der Waals surface area (Å²) in [6, 6.07) is 7.35. The van der Waals surface area contributed by atoms with Gasteiger partial charge in [-0.3, -0.25) is 4.79 Å². The van der Waals surface area contributed by atoms with Crippen LogP contribution in [0.1, 0.15) is 0 Å². The fraction of sp³-hybridized carbons (Fsp3) is 0.444. The molecule has 16 heteroatoms. The number of phenolic OH excluding ortho intramolecular Hbond substituents is 2. The van der Waals surface area contributed by atoms with Crippen LogP contribution in [0.2, 0.25) is 0 Å². The van der Waals surface area contributed by atoms with Gasteiger partial charge in [-0.05, 0) is 24.3 Å². The molecule has 2 aromatic carbocycles. The zero-order valence-electron chi connectivity index (χ0n) is 22.1. The summed E-state index contributed by atoms with van der Waals surface area (Å²) in [4.78, 5) is 13.7. The van der Waals surface area contributed by atoms with E-state index in [4.69, 9.17) is 23.4 Å². The number of rotatable bonds is 7. The van der Waals surface area contributed by atoms with E-state index in [2.05, 4.69) is 0 Å². The Morgan fingerprint density at radius 2 is 1.23 bits per heavy atom. The summed E-state index contributed by atoms with van der Waals surface area (Å²) in [6.45, 7) is -1.48. The van der Waals surface area contributed by atoms with E-state index in [1.165, 1.54) is 24.3 Å². The summed E-state index contributed by atoms with van der Waals surface area (Å²) in [5.41, 5.74) is -1.11. The van der Waals surface area contributed by atoms with Crippen molar-refractivity contribution in [3.05, 3.63) is 46.6 Å². The van der Waals surface area contributed by atoms with E-state index >= 15 is 0 Å². The summed E-state index contributed by atoms with van der Waals surface area (Å²) < 4.78 is 27.8. The van der Waals surface area contributed by atoms with E-state index < -0.39 is 96.9 Å². The SMILES string of the molecule is O=c1c(O[C@H]2OC(CO)[C@@H](O)C(O)C2O)c(-c2ccc(O)cc2)oc2cc(O[C@@H]3OC(CO)[C@@H](O)[C@H](O)C3O)cc(O)c12. The highest BCUT2D eigenvalue weighted by molar-refractivity contribution is 5.88. The number of hydrogen-bond acceptors (Lipinski definition) is 16. The van der Waals surface area contributed by atoms with E-state index in [1.807, 2.05) is 0 Å². The molecular formula is C27H30O16. The number of hydrogen-bond donors (Lipinski definition) is 10. The van der Waals surface area contributed by atoms with Gasteiger partial charge in [0.1, 0.15) is 77.0 Å². The zero-order valence-corrected chi connectivity index (χ0v) is 22.1. The second-order valence-corrected chi connectivity index (χ2v) is 10.1. The van der Waals surface area contributed by atoms with Crippen LogP contribution < -0.4 is 14.9 Å². The van der Waals surface area contributed by atoms with Gasteiger partial charge in [0.15, 0.2) is 5.76 Å². The standard InChI is InChI=1S/C27H30O16/c28-7-14-17(32)20(35)22(37)26(41-14)39-11-5-12(31)16-13(6-11)40-24(9-1-3-10(30)4-2-9)25(19(16)34)43-27-23(38)21(36)18(33)15(8-29)42-27/h1-6,14-15,17-18,20-23,26-33,35-38H,7-8H2/t14?,15?,17-,18-,20+,21?,22?,23?,26-,27-/m1/s1. The molecule has 2 aliphatic rings. The minimum absolute atomic E-state index is 0.129. The third-order valence-corrected chi connectivity index (χ3v) is 7.22. The Hall–Kier alpha value is -3.55. The lowest BCUT2D eigenvalue weighted by Gasteiger charge is -2.39. The quantitative estimate of drug-likeness (QED) is 0.130. The average molecular weight is 611 g/mol. The molecule has 0 radical (unpaired) electrons. The molecule has 2 fully saturated rings. The van der Waals surface area contributed by atoms with Gasteiger partial charge in [-0.25, -0.2) is 0 Å². The number of fused-ring (bicyclic) bond motifs is 1. The van der Waals surface area contributed by atoms with Crippen LogP contribution in [0, 0.1) is 0 Å². The topological polar surface area (TPSA) is 269 Å². The first-order chi connectivity index (χ1) is 20.4. The van der Waals surface area contributed by atoms with E-state index in [0.717, 1.165) is 12.1 Å². The highest BCUT2D eigenvalue weighted by atomic mass is 16.7. The molecule has 0 amide bonds. The summed E-state index contributed by atoms with van der Waals surface area (Å²) in [6.07, 6.45) is -16.6. The van der Waals surface area contributed by atoms with E-state index in [0.29, 0.717) is 0 Å². The van der Waals surface area contributed by atoms with E-state index in [9.17, 15) is 55.9 Å². The van der Waals surface area contributed by atoms with Gasteiger partial charge in [0, 0.05) is 17.7 Å². The van der Waals surface area contributed by atoms with Crippen molar-refractivity contribution in [1.82, 2.24) is 0 Å². The molecule has 0 saturated carbocycles. The second kappa shape index (κ2) is 12.2. The van der Waals surface area contributed by atoms with Crippen LogP contribution in [-0.2, 0) is 9.47 Å². The van der Waals surface area contributed by atoms with Crippen molar-refractivity contribution in [2.45, 2.75) is 61.4 Å². The Morgan fingerprint density at radius 1 is 0.698 bits per heavy atom. The molecule has 2 saturated heterocycles. The highest BCUT2D eigenvalue weighted by Gasteiger charge is 2.46. The van der Waals surface area contributed by atoms with Crippen molar-refractivity contribution in [3.63, 3.8) is 0 Å². The third-order valence-electron chi connectivity index (χ3n) is 7.22. The van der Waals surface area contributed by atoms with Crippen molar-refractivity contribution in [2.24, 2.45) is 0 Å². The van der Waals surface area contributed by atoms with Crippen molar-refractivity contribution in [3.8, 4) is 34.3 Å². The molecule has 0 aliphatic carbocycles. The van der Waals surface area contributed by atoms with Gasteiger partial charge in [-0.1, -0.05) is 0 Å². The van der Waals surface area contributed by atoms with Gasteiger partial charge in [0.05, 0.1) is 13.2 Å². The third kappa shape index (κ3) is 5.73. The van der Waals surface area contributed by atoms with Gasteiger partial charge in [0.2, 0.25) is 23.8 Å². The first kappa shape index (κ1) is 30.9. The Bertz CT molecular complexity index is 1490. The first-order valence-corrected chi connectivity index (χ1v) is 13.0. The Labute approximate surface area is 241 Å². The number of aliphatic hydroxyl groups is 8. The Kier molecular flexibility index (Phi) is 8.77. The number of aromatic hydroxyl groups is 2. The van der Waals surface area contributed by atoms with Crippen molar-refractivity contribution >= 4 is 11.0 Å². The lowest BCUT2D eigenvalue weighted by atomic mass is 9.99.